The summed E-state index contributed by atoms with van der Waals surface area (Å²) in [4.78, 5) is 8.69. The molecule has 3 heteroatoms. The molecule has 0 spiro atoms. The topological polar surface area (TPSA) is 25.8 Å². The first-order chi connectivity index (χ1) is 6.95. The van der Waals surface area contributed by atoms with Gasteiger partial charge in [-0.15, -0.1) is 0 Å². The molecule has 0 aliphatic heterocycles. The van der Waals surface area contributed by atoms with E-state index in [0.717, 1.165) is 21.8 Å². The van der Waals surface area contributed by atoms with Crippen molar-refractivity contribution in [3.05, 3.63) is 48.8 Å². The van der Waals surface area contributed by atoms with E-state index in [1.165, 1.54) is 0 Å². The van der Waals surface area contributed by atoms with E-state index < -0.39 is 0 Å². The molecular formula is C12H8IrN2. The molecule has 0 saturated carbocycles. The molecule has 0 atom stereocenters. The van der Waals surface area contributed by atoms with Crippen molar-refractivity contribution >= 4 is 21.8 Å². The summed E-state index contributed by atoms with van der Waals surface area (Å²) in [6.07, 6.45) is 3.60. The van der Waals surface area contributed by atoms with E-state index in [1.807, 2.05) is 12.1 Å². The maximum absolute atomic E-state index is 4.35. The standard InChI is InChI=1S/C12H8N2.Ir/c1-3-9-5-6-10-4-2-8-14-12(10)11(9)13-7-1;/h1-8H;. The first-order valence-electron chi connectivity index (χ1n) is 4.53. The van der Waals surface area contributed by atoms with Crippen molar-refractivity contribution in [1.82, 2.24) is 9.97 Å². The Balaban J connectivity index is 0.000000853. The fourth-order valence-electron chi connectivity index (χ4n) is 1.68. The summed E-state index contributed by atoms with van der Waals surface area (Å²) in [5, 5.41) is 2.28. The van der Waals surface area contributed by atoms with Crippen LogP contribution in [-0.4, -0.2) is 9.97 Å². The molecule has 2 heterocycles. The van der Waals surface area contributed by atoms with Crippen LogP contribution in [0.25, 0.3) is 21.8 Å². The summed E-state index contributed by atoms with van der Waals surface area (Å²) in [7, 11) is 0. The molecule has 0 N–H and O–H groups in total. The number of nitrogens with zero attached hydrogens (tertiary/aromatic N) is 2. The van der Waals surface area contributed by atoms with Crippen LogP contribution in [0.15, 0.2) is 48.8 Å². The van der Waals surface area contributed by atoms with Crippen molar-refractivity contribution < 1.29 is 20.1 Å². The maximum atomic E-state index is 4.35. The van der Waals surface area contributed by atoms with Gasteiger partial charge in [-0.25, -0.2) is 0 Å². The van der Waals surface area contributed by atoms with Crippen LogP contribution in [0.2, 0.25) is 0 Å². The molecule has 0 amide bonds. The fourth-order valence-corrected chi connectivity index (χ4v) is 1.68. The number of hydrogen-bond donors (Lipinski definition) is 0. The van der Waals surface area contributed by atoms with Crippen molar-refractivity contribution in [2.75, 3.05) is 0 Å². The van der Waals surface area contributed by atoms with Crippen LogP contribution < -0.4 is 0 Å². The molecule has 0 bridgehead atoms. The van der Waals surface area contributed by atoms with Crippen LogP contribution in [0.5, 0.6) is 0 Å². The van der Waals surface area contributed by atoms with Crippen LogP contribution in [0, 0.1) is 0 Å². The molecule has 15 heavy (non-hydrogen) atoms. The van der Waals surface area contributed by atoms with Gasteiger partial charge in [-0.3, -0.25) is 9.97 Å². The minimum absolute atomic E-state index is 0. The molecule has 75 valence electrons. The zero-order valence-electron chi connectivity index (χ0n) is 7.85. The van der Waals surface area contributed by atoms with E-state index in [1.54, 1.807) is 12.4 Å². The zero-order chi connectivity index (χ0) is 9.38. The van der Waals surface area contributed by atoms with Gasteiger partial charge in [0.2, 0.25) is 0 Å². The summed E-state index contributed by atoms with van der Waals surface area (Å²) < 4.78 is 0. The third kappa shape index (κ3) is 1.64. The smallest absolute Gasteiger partial charge is 0.0964 e. The monoisotopic (exact) mass is 373 g/mol. The summed E-state index contributed by atoms with van der Waals surface area (Å²) in [5.74, 6) is 0. The molecule has 0 fully saturated rings. The van der Waals surface area contributed by atoms with E-state index >= 15 is 0 Å². The van der Waals surface area contributed by atoms with Gasteiger partial charge >= 0.3 is 0 Å². The first-order valence-corrected chi connectivity index (χ1v) is 4.53. The number of aromatic nitrogens is 2. The van der Waals surface area contributed by atoms with Crippen molar-refractivity contribution in [1.29, 1.82) is 0 Å². The Kier molecular flexibility index (Phi) is 2.76. The van der Waals surface area contributed by atoms with Crippen molar-refractivity contribution in [3.63, 3.8) is 0 Å². The molecule has 0 saturated heterocycles. The second-order valence-electron chi connectivity index (χ2n) is 3.22. The van der Waals surface area contributed by atoms with Crippen LogP contribution >= 0.6 is 0 Å². The first kappa shape index (κ1) is 10.2. The fraction of sp³-hybridized carbons (Fsp3) is 0. The van der Waals surface area contributed by atoms with Crippen LogP contribution in [0.3, 0.4) is 0 Å². The molecule has 0 unspecified atom stereocenters. The molecule has 2 nitrogen and oxygen atoms in total. The number of rotatable bonds is 0. The third-order valence-corrected chi connectivity index (χ3v) is 2.34. The van der Waals surface area contributed by atoms with E-state index in [2.05, 4.69) is 34.2 Å². The molecule has 3 aromatic rings. The molecule has 2 aromatic heterocycles. The predicted molar refractivity (Wildman–Crippen MR) is 57.0 cm³/mol. The molecule has 0 aliphatic rings. The average molecular weight is 372 g/mol. The Morgan fingerprint density at radius 1 is 0.667 bits per heavy atom. The summed E-state index contributed by atoms with van der Waals surface area (Å²) in [6, 6.07) is 12.1. The number of pyridine rings is 2. The summed E-state index contributed by atoms with van der Waals surface area (Å²) in [5.41, 5.74) is 1.95. The minimum Gasteiger partial charge on any atom is -0.254 e. The van der Waals surface area contributed by atoms with Crippen LogP contribution in [0.4, 0.5) is 0 Å². The molecule has 1 radical (unpaired) electrons. The second kappa shape index (κ2) is 4.05. The molecular weight excluding hydrogens is 364 g/mol. The SMILES string of the molecule is [Ir].c1cnc2c(c1)ccc1cccnc12. The number of benzene rings is 1. The van der Waals surface area contributed by atoms with Gasteiger partial charge in [0, 0.05) is 43.3 Å². The van der Waals surface area contributed by atoms with Gasteiger partial charge in [-0.2, -0.15) is 0 Å². The van der Waals surface area contributed by atoms with Gasteiger partial charge in [-0.1, -0.05) is 24.3 Å². The quantitative estimate of drug-likeness (QED) is 0.567. The van der Waals surface area contributed by atoms with Crippen LogP contribution in [0.1, 0.15) is 0 Å². The number of hydrogen-bond acceptors (Lipinski definition) is 2. The van der Waals surface area contributed by atoms with Gasteiger partial charge in [-0.05, 0) is 12.1 Å². The second-order valence-corrected chi connectivity index (χ2v) is 3.22. The van der Waals surface area contributed by atoms with Gasteiger partial charge < -0.3 is 0 Å². The van der Waals surface area contributed by atoms with Gasteiger partial charge in [0.05, 0.1) is 11.0 Å². The number of fused-ring (bicyclic) bond motifs is 3. The normalized spacial score (nSPS) is 10.1. The van der Waals surface area contributed by atoms with Gasteiger partial charge in [0.1, 0.15) is 0 Å². The molecule has 1 aromatic carbocycles. The van der Waals surface area contributed by atoms with Crippen molar-refractivity contribution in [3.8, 4) is 0 Å². The predicted octanol–water partition coefficient (Wildman–Crippen LogP) is 2.78. The third-order valence-electron chi connectivity index (χ3n) is 2.34. The Labute approximate surface area is 101 Å². The van der Waals surface area contributed by atoms with Crippen molar-refractivity contribution in [2.24, 2.45) is 0 Å². The Morgan fingerprint density at radius 3 is 1.60 bits per heavy atom. The Hall–Kier alpha value is -1.31. The van der Waals surface area contributed by atoms with Crippen LogP contribution in [-0.2, 0) is 20.1 Å². The molecule has 0 aliphatic carbocycles. The largest absolute Gasteiger partial charge is 0.254 e. The Morgan fingerprint density at radius 2 is 1.13 bits per heavy atom. The van der Waals surface area contributed by atoms with Gasteiger partial charge in [0.15, 0.2) is 0 Å². The van der Waals surface area contributed by atoms with Gasteiger partial charge in [0.25, 0.3) is 0 Å². The summed E-state index contributed by atoms with van der Waals surface area (Å²) >= 11 is 0. The maximum Gasteiger partial charge on any atom is 0.0964 e. The van der Waals surface area contributed by atoms with Crippen molar-refractivity contribution in [2.45, 2.75) is 0 Å². The summed E-state index contributed by atoms with van der Waals surface area (Å²) in [6.45, 7) is 0. The Bertz CT molecular complexity index is 553. The van der Waals surface area contributed by atoms with E-state index in [9.17, 15) is 0 Å². The van der Waals surface area contributed by atoms with E-state index in [-0.39, 0.29) is 20.1 Å². The average Bonchev–Trinajstić information content (AvgIpc) is 2.29. The minimum atomic E-state index is 0. The van der Waals surface area contributed by atoms with E-state index in [4.69, 9.17) is 0 Å². The van der Waals surface area contributed by atoms with E-state index in [0.29, 0.717) is 0 Å². The molecule has 3 rings (SSSR count). The zero-order valence-corrected chi connectivity index (χ0v) is 10.2.